The molecule has 0 bridgehead atoms. The zero-order valence-electron chi connectivity index (χ0n) is 11.8. The summed E-state index contributed by atoms with van der Waals surface area (Å²) < 4.78 is 33.8. The Morgan fingerprint density at radius 1 is 1.43 bits per heavy atom. The van der Waals surface area contributed by atoms with E-state index < -0.39 is 5.76 Å². The molecule has 21 heavy (non-hydrogen) atoms. The van der Waals surface area contributed by atoms with Gasteiger partial charge in [-0.3, -0.25) is 9.59 Å². The van der Waals surface area contributed by atoms with Crippen LogP contribution in [0.1, 0.15) is 29.2 Å². The zero-order chi connectivity index (χ0) is 15.8. The van der Waals surface area contributed by atoms with Crippen LogP contribution in [0.2, 0.25) is 0 Å². The Morgan fingerprint density at radius 3 is 2.76 bits per heavy atom. The van der Waals surface area contributed by atoms with Gasteiger partial charge in [0.05, 0.1) is 12.9 Å². The molecule has 0 N–H and O–H groups in total. The number of furan rings is 1. The highest BCUT2D eigenvalue weighted by Crippen LogP contribution is 2.21. The molecule has 0 saturated heterocycles. The average molecular weight is 321 g/mol. The fraction of sp³-hybridized carbons (Fsp3) is 0.538. The topological polar surface area (TPSA) is 59.8 Å². The highest BCUT2D eigenvalue weighted by molar-refractivity contribution is 7.98. The van der Waals surface area contributed by atoms with E-state index in [-0.39, 0.29) is 29.8 Å². The van der Waals surface area contributed by atoms with Gasteiger partial charge in [0.15, 0.2) is 5.76 Å². The number of carbonyl (C=O) groups is 2. The van der Waals surface area contributed by atoms with Gasteiger partial charge >= 0.3 is 5.97 Å². The van der Waals surface area contributed by atoms with E-state index >= 15 is 0 Å². The fourth-order valence-electron chi connectivity index (χ4n) is 1.57. The van der Waals surface area contributed by atoms with Gasteiger partial charge in [0.2, 0.25) is 0 Å². The molecule has 0 atom stereocenters. The van der Waals surface area contributed by atoms with Crippen LogP contribution in [0.3, 0.4) is 0 Å². The number of hydrogen-bond acceptors (Lipinski definition) is 5. The lowest BCUT2D eigenvalue weighted by molar-refractivity contribution is -0.140. The second-order valence-electron chi connectivity index (χ2n) is 4.24. The van der Waals surface area contributed by atoms with Crippen molar-refractivity contribution >= 4 is 23.6 Å². The Labute approximate surface area is 125 Å². The quantitative estimate of drug-likeness (QED) is 0.689. The first-order valence-corrected chi connectivity index (χ1v) is 7.29. The van der Waals surface area contributed by atoms with Gasteiger partial charge in [-0.1, -0.05) is 11.8 Å². The molecule has 0 saturated carbocycles. The molecule has 0 radical (unpaired) electrons. The van der Waals surface area contributed by atoms with E-state index in [0.717, 1.165) is 0 Å². The highest BCUT2D eigenvalue weighted by atomic mass is 32.2. The summed E-state index contributed by atoms with van der Waals surface area (Å²) in [6.45, 7) is 0.371. The van der Waals surface area contributed by atoms with Crippen LogP contribution in [0, 0.1) is 0 Å². The minimum atomic E-state index is -2.48. The van der Waals surface area contributed by atoms with Crippen molar-refractivity contribution in [2.75, 3.05) is 20.7 Å². The predicted octanol–water partition coefficient (Wildman–Crippen LogP) is 2.76. The van der Waals surface area contributed by atoms with Gasteiger partial charge in [0.25, 0.3) is 11.7 Å². The summed E-state index contributed by atoms with van der Waals surface area (Å²) in [7, 11) is 2.88. The van der Waals surface area contributed by atoms with Crippen molar-refractivity contribution < 1.29 is 27.5 Å². The first-order valence-electron chi connectivity index (χ1n) is 6.24. The molecular weight excluding hydrogens is 304 g/mol. The van der Waals surface area contributed by atoms with E-state index in [1.54, 1.807) is 7.05 Å². The Morgan fingerprint density at radius 2 is 2.14 bits per heavy atom. The van der Waals surface area contributed by atoms with Crippen LogP contribution in [0.25, 0.3) is 0 Å². The number of carbonyl (C=O) groups excluding carboxylic acids is 2. The van der Waals surface area contributed by atoms with E-state index in [1.165, 1.54) is 24.1 Å². The number of alkyl halides is 2. The van der Waals surface area contributed by atoms with Crippen LogP contribution in [-0.4, -0.2) is 43.2 Å². The molecule has 1 amide bonds. The van der Waals surface area contributed by atoms with Crippen molar-refractivity contribution in [2.45, 2.75) is 24.4 Å². The number of hydrogen-bond donors (Lipinski definition) is 0. The van der Waals surface area contributed by atoms with Gasteiger partial charge in [0, 0.05) is 20.0 Å². The predicted molar refractivity (Wildman–Crippen MR) is 74.2 cm³/mol. The van der Waals surface area contributed by atoms with Crippen LogP contribution in [-0.2, 0) is 15.3 Å². The van der Waals surface area contributed by atoms with E-state index in [1.807, 2.05) is 0 Å². The van der Waals surface area contributed by atoms with E-state index in [9.17, 15) is 18.4 Å². The number of methoxy groups -OCH3 is 1. The van der Waals surface area contributed by atoms with Gasteiger partial charge in [0.1, 0.15) is 5.76 Å². The molecule has 0 aromatic carbocycles. The monoisotopic (exact) mass is 321 g/mol. The normalized spacial score (nSPS) is 10.7. The summed E-state index contributed by atoms with van der Waals surface area (Å²) in [5.74, 6) is -2.73. The average Bonchev–Trinajstić information content (AvgIpc) is 2.92. The molecule has 0 unspecified atom stereocenters. The minimum Gasteiger partial charge on any atom is -0.469 e. The summed E-state index contributed by atoms with van der Waals surface area (Å²) in [5.41, 5.74) is 0. The number of esters is 1. The second kappa shape index (κ2) is 8.66. The number of halogens is 2. The van der Waals surface area contributed by atoms with Crippen molar-refractivity contribution in [3.8, 4) is 0 Å². The smallest absolute Gasteiger partial charge is 0.305 e. The van der Waals surface area contributed by atoms with Crippen molar-refractivity contribution in [1.29, 1.82) is 0 Å². The van der Waals surface area contributed by atoms with Crippen LogP contribution in [0.5, 0.6) is 0 Å². The van der Waals surface area contributed by atoms with Gasteiger partial charge < -0.3 is 14.1 Å². The van der Waals surface area contributed by atoms with E-state index in [4.69, 9.17) is 4.42 Å². The van der Waals surface area contributed by atoms with Gasteiger partial charge in [-0.15, -0.1) is 0 Å². The lowest BCUT2D eigenvalue weighted by Crippen LogP contribution is -2.27. The molecule has 0 fully saturated rings. The van der Waals surface area contributed by atoms with Crippen molar-refractivity contribution in [1.82, 2.24) is 4.90 Å². The molecular formula is C13H17F2NO4S. The molecule has 0 aliphatic rings. The highest BCUT2D eigenvalue weighted by Gasteiger charge is 2.17. The van der Waals surface area contributed by atoms with Crippen LogP contribution >= 0.6 is 11.8 Å². The Balaban J connectivity index is 2.44. The fourth-order valence-corrected chi connectivity index (χ4v) is 2.01. The zero-order valence-corrected chi connectivity index (χ0v) is 12.6. The standard InChI is InChI=1S/C13H17F2NO4S/c1-16(7-3-4-11(17)19-2)12(18)10-6-5-9(20-10)8-21-13(14)15/h5-6,13H,3-4,7-8H2,1-2H3. The molecule has 1 aromatic heterocycles. The molecule has 8 heteroatoms. The molecule has 5 nitrogen and oxygen atoms in total. The Bertz CT molecular complexity index is 478. The molecule has 1 heterocycles. The molecule has 1 rings (SSSR count). The van der Waals surface area contributed by atoms with Gasteiger partial charge in [-0.2, -0.15) is 8.78 Å². The summed E-state index contributed by atoms with van der Waals surface area (Å²) in [4.78, 5) is 24.4. The van der Waals surface area contributed by atoms with Crippen LogP contribution in [0.4, 0.5) is 8.78 Å². The van der Waals surface area contributed by atoms with Gasteiger partial charge in [-0.25, -0.2) is 0 Å². The van der Waals surface area contributed by atoms with E-state index in [0.29, 0.717) is 30.5 Å². The number of rotatable bonds is 8. The lowest BCUT2D eigenvalue weighted by atomic mass is 10.3. The molecule has 0 aliphatic carbocycles. The summed E-state index contributed by atoms with van der Waals surface area (Å²) in [5, 5.41) is 0. The number of ether oxygens (including phenoxy) is 1. The maximum atomic E-state index is 12.1. The maximum absolute atomic E-state index is 12.1. The summed E-state index contributed by atoms with van der Waals surface area (Å²) in [6.07, 6.45) is 0.701. The third kappa shape index (κ3) is 6.16. The molecule has 0 spiro atoms. The largest absolute Gasteiger partial charge is 0.469 e. The first kappa shape index (κ1) is 17.5. The third-order valence-corrected chi connectivity index (χ3v) is 3.38. The number of amides is 1. The maximum Gasteiger partial charge on any atom is 0.305 e. The van der Waals surface area contributed by atoms with Crippen LogP contribution in [0.15, 0.2) is 16.5 Å². The molecule has 0 aliphatic heterocycles. The SMILES string of the molecule is COC(=O)CCCN(C)C(=O)c1ccc(CSC(F)F)o1. The minimum absolute atomic E-state index is 0.0109. The Kier molecular flexibility index (Phi) is 7.21. The summed E-state index contributed by atoms with van der Waals surface area (Å²) in [6, 6.07) is 2.96. The van der Waals surface area contributed by atoms with Crippen molar-refractivity contribution in [3.63, 3.8) is 0 Å². The van der Waals surface area contributed by atoms with Gasteiger partial charge in [-0.05, 0) is 18.6 Å². The number of nitrogens with zero attached hydrogens (tertiary/aromatic N) is 1. The van der Waals surface area contributed by atoms with Crippen molar-refractivity contribution in [3.05, 3.63) is 23.7 Å². The summed E-state index contributed by atoms with van der Waals surface area (Å²) >= 11 is 0.434. The second-order valence-corrected chi connectivity index (χ2v) is 5.22. The third-order valence-electron chi connectivity index (χ3n) is 2.67. The first-order chi connectivity index (χ1) is 9.93. The Hall–Kier alpha value is -1.57. The van der Waals surface area contributed by atoms with E-state index in [2.05, 4.69) is 4.74 Å². The molecule has 1 aromatic rings. The van der Waals surface area contributed by atoms with Crippen molar-refractivity contribution in [2.24, 2.45) is 0 Å². The lowest BCUT2D eigenvalue weighted by Gasteiger charge is -2.15. The number of thioether (sulfide) groups is 1. The molecule has 118 valence electrons. The van der Waals surface area contributed by atoms with Crippen LogP contribution < -0.4 is 0 Å².